The zero-order chi connectivity index (χ0) is 8.97. The number of nitrogens with one attached hydrogen (secondary N) is 1. The summed E-state index contributed by atoms with van der Waals surface area (Å²) in [6.45, 7) is 4.35. The van der Waals surface area contributed by atoms with Crippen LogP contribution in [0.5, 0.6) is 0 Å². The Morgan fingerprint density at radius 1 is 1.58 bits per heavy atom. The zero-order valence-corrected chi connectivity index (χ0v) is 9.13. The smallest absolute Gasteiger partial charge is 0.202 e. The molecule has 0 aromatic carbocycles. The summed E-state index contributed by atoms with van der Waals surface area (Å²) in [5.74, 6) is 1.85. The Morgan fingerprint density at radius 3 is 2.83 bits per heavy atom. The molecule has 12 heavy (non-hydrogen) atoms. The number of rotatable bonds is 4. The van der Waals surface area contributed by atoms with Gasteiger partial charge in [-0.25, -0.2) is 4.98 Å². The zero-order valence-electron chi connectivity index (χ0n) is 7.50. The molecular formula is C7H13N3S2. The van der Waals surface area contributed by atoms with Gasteiger partial charge in [0.05, 0.1) is 5.75 Å². The average Bonchev–Trinajstić information content (AvgIpc) is 2.48. The monoisotopic (exact) mass is 203 g/mol. The molecule has 1 aromatic heterocycles. The third kappa shape index (κ3) is 2.98. The molecule has 0 amide bonds. The number of nitrogens with zero attached hydrogens (tertiary/aromatic N) is 2. The van der Waals surface area contributed by atoms with E-state index in [9.17, 15) is 0 Å². The normalized spacial score (nSPS) is 10.7. The molecule has 1 heterocycles. The number of hydrogen-bond acceptors (Lipinski definition) is 5. The van der Waals surface area contributed by atoms with Gasteiger partial charge in [-0.2, -0.15) is 16.1 Å². The summed E-state index contributed by atoms with van der Waals surface area (Å²) in [4.78, 5) is 4.28. The molecule has 0 atom stereocenters. The topological polar surface area (TPSA) is 37.8 Å². The third-order valence-electron chi connectivity index (χ3n) is 1.23. The quantitative estimate of drug-likeness (QED) is 0.814. The van der Waals surface area contributed by atoms with Gasteiger partial charge < -0.3 is 5.32 Å². The van der Waals surface area contributed by atoms with E-state index >= 15 is 0 Å². The first-order chi connectivity index (χ1) is 5.72. The van der Waals surface area contributed by atoms with Crippen molar-refractivity contribution in [2.75, 3.05) is 12.4 Å². The van der Waals surface area contributed by atoms with Gasteiger partial charge in [0.15, 0.2) is 5.82 Å². The number of aromatic nitrogens is 2. The predicted octanol–water partition coefficient (Wildman–Crippen LogP) is 2.22. The second-order valence-electron chi connectivity index (χ2n) is 2.63. The standard InChI is InChI=1S/C7H13N3S2/c1-5(2)11-4-6-9-7(8-3)12-10-6/h5H,4H2,1-3H3,(H,8,9,10). The summed E-state index contributed by atoms with van der Waals surface area (Å²) in [6.07, 6.45) is 0. The summed E-state index contributed by atoms with van der Waals surface area (Å²) in [6, 6.07) is 0. The summed E-state index contributed by atoms with van der Waals surface area (Å²) >= 11 is 3.28. The minimum atomic E-state index is 0.645. The van der Waals surface area contributed by atoms with E-state index in [4.69, 9.17) is 0 Å². The van der Waals surface area contributed by atoms with Crippen LogP contribution in [0.2, 0.25) is 0 Å². The highest BCUT2D eigenvalue weighted by Crippen LogP contribution is 2.17. The Bertz CT molecular complexity index is 234. The van der Waals surface area contributed by atoms with E-state index in [-0.39, 0.29) is 0 Å². The lowest BCUT2D eigenvalue weighted by Gasteiger charge is -1.99. The Kier molecular flexibility index (Phi) is 3.81. The lowest BCUT2D eigenvalue weighted by molar-refractivity contribution is 1.08. The Labute approximate surface area is 81.1 Å². The lowest BCUT2D eigenvalue weighted by Crippen LogP contribution is -1.91. The molecule has 0 spiro atoms. The minimum absolute atomic E-state index is 0.645. The highest BCUT2D eigenvalue weighted by atomic mass is 32.2. The average molecular weight is 203 g/mol. The van der Waals surface area contributed by atoms with E-state index < -0.39 is 0 Å². The highest BCUT2D eigenvalue weighted by molar-refractivity contribution is 7.99. The van der Waals surface area contributed by atoms with Gasteiger partial charge in [-0.3, -0.25) is 0 Å². The van der Waals surface area contributed by atoms with E-state index in [1.54, 1.807) is 0 Å². The lowest BCUT2D eigenvalue weighted by atomic mass is 10.6. The van der Waals surface area contributed by atoms with E-state index in [2.05, 4.69) is 28.5 Å². The summed E-state index contributed by atoms with van der Waals surface area (Å²) in [7, 11) is 1.86. The second-order valence-corrected chi connectivity index (χ2v) is 4.94. The first-order valence-corrected chi connectivity index (χ1v) is 5.66. The summed E-state index contributed by atoms with van der Waals surface area (Å²) < 4.78 is 4.21. The van der Waals surface area contributed by atoms with Crippen LogP contribution in [0.3, 0.4) is 0 Å². The molecule has 0 saturated carbocycles. The van der Waals surface area contributed by atoms with Crippen LogP contribution in [0.1, 0.15) is 19.7 Å². The molecule has 0 aliphatic rings. The fourth-order valence-electron chi connectivity index (χ4n) is 0.655. The fraction of sp³-hybridized carbons (Fsp3) is 0.714. The Hall–Kier alpha value is -0.290. The van der Waals surface area contributed by atoms with Crippen molar-refractivity contribution >= 4 is 28.4 Å². The van der Waals surface area contributed by atoms with Crippen molar-refractivity contribution in [2.45, 2.75) is 24.9 Å². The third-order valence-corrected chi connectivity index (χ3v) is 3.09. The molecule has 68 valence electrons. The largest absolute Gasteiger partial charge is 0.363 e. The first-order valence-electron chi connectivity index (χ1n) is 3.84. The van der Waals surface area contributed by atoms with Gasteiger partial charge in [0, 0.05) is 18.6 Å². The van der Waals surface area contributed by atoms with Crippen LogP contribution in [0.4, 0.5) is 5.13 Å². The van der Waals surface area contributed by atoms with Gasteiger partial charge >= 0.3 is 0 Å². The van der Waals surface area contributed by atoms with Gasteiger partial charge in [-0.1, -0.05) is 13.8 Å². The maximum absolute atomic E-state index is 4.28. The van der Waals surface area contributed by atoms with Crippen LogP contribution < -0.4 is 5.32 Å². The molecule has 5 heteroatoms. The fourth-order valence-corrected chi connectivity index (χ4v) is 1.88. The number of thioether (sulfide) groups is 1. The van der Waals surface area contributed by atoms with Crippen LogP contribution in [-0.2, 0) is 5.75 Å². The molecule has 0 radical (unpaired) electrons. The van der Waals surface area contributed by atoms with Gasteiger partial charge in [0.2, 0.25) is 5.13 Å². The van der Waals surface area contributed by atoms with Crippen LogP contribution in [-0.4, -0.2) is 21.7 Å². The second kappa shape index (κ2) is 4.67. The van der Waals surface area contributed by atoms with E-state index in [0.717, 1.165) is 16.7 Å². The van der Waals surface area contributed by atoms with E-state index in [1.807, 2.05) is 18.8 Å². The molecule has 0 fully saturated rings. The Morgan fingerprint density at radius 2 is 2.33 bits per heavy atom. The number of anilines is 1. The maximum Gasteiger partial charge on any atom is 0.202 e. The molecule has 0 saturated heterocycles. The van der Waals surface area contributed by atoms with Crippen molar-refractivity contribution in [1.82, 2.24) is 9.36 Å². The predicted molar refractivity (Wildman–Crippen MR) is 55.9 cm³/mol. The SMILES string of the molecule is CNc1nc(CSC(C)C)ns1. The molecule has 1 rings (SSSR count). The molecule has 0 unspecified atom stereocenters. The highest BCUT2D eigenvalue weighted by Gasteiger charge is 2.03. The number of hydrogen-bond donors (Lipinski definition) is 1. The molecular weight excluding hydrogens is 190 g/mol. The molecule has 1 aromatic rings. The summed E-state index contributed by atoms with van der Waals surface area (Å²) in [5, 5.41) is 4.51. The Balaban J connectivity index is 2.41. The molecule has 0 aliphatic carbocycles. The molecule has 0 aliphatic heterocycles. The van der Waals surface area contributed by atoms with Crippen molar-refractivity contribution in [3.8, 4) is 0 Å². The van der Waals surface area contributed by atoms with Crippen LogP contribution in [0, 0.1) is 0 Å². The summed E-state index contributed by atoms with van der Waals surface area (Å²) in [5.41, 5.74) is 0. The van der Waals surface area contributed by atoms with Gasteiger partial charge in [0.25, 0.3) is 0 Å². The van der Waals surface area contributed by atoms with Gasteiger partial charge in [-0.05, 0) is 5.25 Å². The van der Waals surface area contributed by atoms with Gasteiger partial charge in [0.1, 0.15) is 0 Å². The van der Waals surface area contributed by atoms with Crippen molar-refractivity contribution in [2.24, 2.45) is 0 Å². The van der Waals surface area contributed by atoms with Crippen molar-refractivity contribution in [3.63, 3.8) is 0 Å². The molecule has 0 bridgehead atoms. The molecule has 1 N–H and O–H groups in total. The van der Waals surface area contributed by atoms with Crippen LogP contribution >= 0.6 is 23.3 Å². The van der Waals surface area contributed by atoms with Crippen LogP contribution in [0.25, 0.3) is 0 Å². The van der Waals surface area contributed by atoms with E-state index in [1.165, 1.54) is 11.5 Å². The minimum Gasteiger partial charge on any atom is -0.363 e. The van der Waals surface area contributed by atoms with E-state index in [0.29, 0.717) is 5.25 Å². The van der Waals surface area contributed by atoms with Gasteiger partial charge in [-0.15, -0.1) is 0 Å². The van der Waals surface area contributed by atoms with Crippen molar-refractivity contribution < 1.29 is 0 Å². The van der Waals surface area contributed by atoms with Crippen molar-refractivity contribution in [1.29, 1.82) is 0 Å². The molecule has 3 nitrogen and oxygen atoms in total. The van der Waals surface area contributed by atoms with Crippen molar-refractivity contribution in [3.05, 3.63) is 5.82 Å². The first kappa shape index (κ1) is 9.80. The van der Waals surface area contributed by atoms with Crippen LogP contribution in [0.15, 0.2) is 0 Å². The maximum atomic E-state index is 4.28.